The highest BCUT2D eigenvalue weighted by molar-refractivity contribution is 5.66. The molecule has 0 saturated heterocycles. The van der Waals surface area contributed by atoms with E-state index in [-0.39, 0.29) is 12.3 Å². The standard InChI is InChI=1S/C22H22N4O3/c1-2-25(15-16-27)21-13-9-20(10-14-21)24-23-19-7-3-17(4-8-19)18-5-11-22(12-6-18)26(28)29/h3-14,27H,2,15-16H2,1H3/b24-23+. The third-order valence-electron chi connectivity index (χ3n) is 4.53. The van der Waals surface area contributed by atoms with Crippen molar-refractivity contribution >= 4 is 22.7 Å². The molecule has 148 valence electrons. The number of non-ortho nitro benzene ring substituents is 1. The lowest BCUT2D eigenvalue weighted by molar-refractivity contribution is -0.384. The zero-order valence-electron chi connectivity index (χ0n) is 16.1. The number of anilines is 1. The summed E-state index contributed by atoms with van der Waals surface area (Å²) in [4.78, 5) is 12.4. The minimum absolute atomic E-state index is 0.0728. The Morgan fingerprint density at radius 2 is 1.34 bits per heavy atom. The number of likely N-dealkylation sites (N-methyl/N-ethyl adjacent to an activating group) is 1. The van der Waals surface area contributed by atoms with Crippen LogP contribution < -0.4 is 4.90 Å². The number of nitrogens with zero attached hydrogens (tertiary/aromatic N) is 4. The fraction of sp³-hybridized carbons (Fsp3) is 0.182. The third-order valence-corrected chi connectivity index (χ3v) is 4.53. The van der Waals surface area contributed by atoms with Gasteiger partial charge in [0.1, 0.15) is 0 Å². The predicted octanol–water partition coefficient (Wildman–Crippen LogP) is 5.50. The van der Waals surface area contributed by atoms with E-state index >= 15 is 0 Å². The lowest BCUT2D eigenvalue weighted by Crippen LogP contribution is -2.25. The van der Waals surface area contributed by atoms with Crippen LogP contribution in [0.4, 0.5) is 22.7 Å². The highest BCUT2D eigenvalue weighted by Crippen LogP contribution is 2.26. The van der Waals surface area contributed by atoms with E-state index in [9.17, 15) is 10.1 Å². The molecule has 3 aromatic rings. The molecule has 0 spiro atoms. The molecular formula is C22H22N4O3. The topological polar surface area (TPSA) is 91.3 Å². The molecule has 3 aromatic carbocycles. The molecule has 0 fully saturated rings. The van der Waals surface area contributed by atoms with Gasteiger partial charge in [-0.05, 0) is 66.6 Å². The van der Waals surface area contributed by atoms with Crippen molar-refractivity contribution in [2.45, 2.75) is 6.92 Å². The highest BCUT2D eigenvalue weighted by Gasteiger charge is 2.05. The molecule has 29 heavy (non-hydrogen) atoms. The van der Waals surface area contributed by atoms with Crippen molar-refractivity contribution in [2.24, 2.45) is 10.2 Å². The molecular weight excluding hydrogens is 368 g/mol. The summed E-state index contributed by atoms with van der Waals surface area (Å²) in [5, 5.41) is 28.4. The molecule has 0 unspecified atom stereocenters. The molecule has 1 N–H and O–H groups in total. The number of aliphatic hydroxyl groups excluding tert-OH is 1. The van der Waals surface area contributed by atoms with Gasteiger partial charge in [-0.2, -0.15) is 10.2 Å². The summed E-state index contributed by atoms with van der Waals surface area (Å²) in [5.41, 5.74) is 4.42. The van der Waals surface area contributed by atoms with Gasteiger partial charge in [-0.3, -0.25) is 10.1 Å². The quantitative estimate of drug-likeness (QED) is 0.312. The number of hydrogen-bond acceptors (Lipinski definition) is 6. The van der Waals surface area contributed by atoms with Gasteiger partial charge in [-0.1, -0.05) is 12.1 Å². The first kappa shape index (κ1) is 20.2. The van der Waals surface area contributed by atoms with Gasteiger partial charge < -0.3 is 10.0 Å². The van der Waals surface area contributed by atoms with E-state index in [1.165, 1.54) is 12.1 Å². The first-order valence-electron chi connectivity index (χ1n) is 9.33. The molecule has 7 nitrogen and oxygen atoms in total. The molecule has 0 amide bonds. The second-order valence-corrected chi connectivity index (χ2v) is 6.37. The summed E-state index contributed by atoms with van der Waals surface area (Å²) in [6.07, 6.45) is 0. The van der Waals surface area contributed by atoms with Gasteiger partial charge in [0.25, 0.3) is 5.69 Å². The van der Waals surface area contributed by atoms with E-state index < -0.39 is 4.92 Å². The minimum atomic E-state index is -0.411. The van der Waals surface area contributed by atoms with E-state index in [4.69, 9.17) is 5.11 Å². The molecule has 0 aromatic heterocycles. The summed E-state index contributed by atoms with van der Waals surface area (Å²) in [7, 11) is 0. The van der Waals surface area contributed by atoms with E-state index in [1.807, 2.05) is 55.5 Å². The molecule has 7 heteroatoms. The van der Waals surface area contributed by atoms with Crippen molar-refractivity contribution in [1.82, 2.24) is 0 Å². The van der Waals surface area contributed by atoms with Crippen molar-refractivity contribution in [3.8, 4) is 11.1 Å². The Morgan fingerprint density at radius 3 is 1.79 bits per heavy atom. The summed E-state index contributed by atoms with van der Waals surface area (Å²) in [6.45, 7) is 3.58. The molecule has 0 atom stereocenters. The van der Waals surface area contributed by atoms with E-state index in [2.05, 4.69) is 15.1 Å². The van der Waals surface area contributed by atoms with Gasteiger partial charge >= 0.3 is 0 Å². The summed E-state index contributed by atoms with van der Waals surface area (Å²) in [6, 6.07) is 21.7. The molecule has 0 bridgehead atoms. The van der Waals surface area contributed by atoms with Crippen LogP contribution in [-0.4, -0.2) is 29.7 Å². The smallest absolute Gasteiger partial charge is 0.269 e. The average Bonchev–Trinajstić information content (AvgIpc) is 2.77. The van der Waals surface area contributed by atoms with Crippen molar-refractivity contribution in [3.05, 3.63) is 82.9 Å². The Labute approximate surface area is 169 Å². The van der Waals surface area contributed by atoms with Gasteiger partial charge in [0, 0.05) is 30.9 Å². The maximum Gasteiger partial charge on any atom is 0.269 e. The fourth-order valence-corrected chi connectivity index (χ4v) is 2.93. The minimum Gasteiger partial charge on any atom is -0.395 e. The Morgan fingerprint density at radius 1 is 0.862 bits per heavy atom. The van der Waals surface area contributed by atoms with E-state index in [0.29, 0.717) is 6.54 Å². The lowest BCUT2D eigenvalue weighted by Gasteiger charge is -2.21. The Hall–Kier alpha value is -3.58. The zero-order valence-corrected chi connectivity index (χ0v) is 16.1. The van der Waals surface area contributed by atoms with Crippen LogP contribution in [0, 0.1) is 10.1 Å². The fourth-order valence-electron chi connectivity index (χ4n) is 2.93. The maximum atomic E-state index is 10.7. The molecule has 0 aliphatic heterocycles. The van der Waals surface area contributed by atoms with Gasteiger partial charge in [0.05, 0.1) is 22.9 Å². The molecule has 0 aliphatic carbocycles. The summed E-state index contributed by atoms with van der Waals surface area (Å²) >= 11 is 0. The number of nitro groups is 1. The SMILES string of the molecule is CCN(CCO)c1ccc(/N=N/c2ccc(-c3ccc([N+](=O)[O-])cc3)cc2)cc1. The molecule has 0 saturated carbocycles. The molecule has 0 radical (unpaired) electrons. The number of rotatable bonds is 8. The van der Waals surface area contributed by atoms with Crippen LogP contribution in [0.2, 0.25) is 0 Å². The second kappa shape index (κ2) is 9.57. The summed E-state index contributed by atoms with van der Waals surface area (Å²) < 4.78 is 0. The Bertz CT molecular complexity index is 968. The van der Waals surface area contributed by atoms with E-state index in [1.54, 1.807) is 12.1 Å². The van der Waals surface area contributed by atoms with Gasteiger partial charge in [-0.15, -0.1) is 0 Å². The Balaban J connectivity index is 1.67. The maximum absolute atomic E-state index is 10.7. The predicted molar refractivity (Wildman–Crippen MR) is 114 cm³/mol. The van der Waals surface area contributed by atoms with Crippen LogP contribution in [0.25, 0.3) is 11.1 Å². The highest BCUT2D eigenvalue weighted by atomic mass is 16.6. The largest absolute Gasteiger partial charge is 0.395 e. The zero-order chi connectivity index (χ0) is 20.6. The van der Waals surface area contributed by atoms with Crippen LogP contribution in [0.5, 0.6) is 0 Å². The van der Waals surface area contributed by atoms with Crippen molar-refractivity contribution in [1.29, 1.82) is 0 Å². The lowest BCUT2D eigenvalue weighted by atomic mass is 10.1. The van der Waals surface area contributed by atoms with Crippen molar-refractivity contribution < 1.29 is 10.0 Å². The van der Waals surface area contributed by atoms with Crippen LogP contribution in [0.3, 0.4) is 0 Å². The van der Waals surface area contributed by atoms with Crippen LogP contribution >= 0.6 is 0 Å². The van der Waals surface area contributed by atoms with Crippen molar-refractivity contribution in [3.63, 3.8) is 0 Å². The number of hydrogen-bond donors (Lipinski definition) is 1. The van der Waals surface area contributed by atoms with Crippen LogP contribution in [-0.2, 0) is 0 Å². The first-order valence-corrected chi connectivity index (χ1v) is 9.33. The molecule has 0 heterocycles. The third kappa shape index (κ3) is 5.24. The van der Waals surface area contributed by atoms with E-state index in [0.717, 1.165) is 34.7 Å². The number of nitro benzene ring substituents is 1. The number of aliphatic hydroxyl groups is 1. The average molecular weight is 390 g/mol. The summed E-state index contributed by atoms with van der Waals surface area (Å²) in [5.74, 6) is 0. The van der Waals surface area contributed by atoms with Crippen molar-refractivity contribution in [2.75, 3.05) is 24.6 Å². The van der Waals surface area contributed by atoms with Gasteiger partial charge in [-0.25, -0.2) is 0 Å². The van der Waals surface area contributed by atoms with Gasteiger partial charge in [0.2, 0.25) is 0 Å². The first-order chi connectivity index (χ1) is 14.1. The second-order valence-electron chi connectivity index (χ2n) is 6.37. The van der Waals surface area contributed by atoms with Gasteiger partial charge in [0.15, 0.2) is 0 Å². The Kier molecular flexibility index (Phi) is 6.65. The number of benzene rings is 3. The van der Waals surface area contributed by atoms with Crippen LogP contribution in [0.15, 0.2) is 83.0 Å². The normalized spacial score (nSPS) is 11.0. The number of azo groups is 1. The molecule has 3 rings (SSSR count). The monoisotopic (exact) mass is 390 g/mol. The molecule has 0 aliphatic rings. The van der Waals surface area contributed by atoms with Crippen LogP contribution in [0.1, 0.15) is 6.92 Å².